The Morgan fingerprint density at radius 1 is 1.11 bits per heavy atom. The number of benzene rings is 1. The highest BCUT2D eigenvalue weighted by atomic mass is 16.5. The van der Waals surface area contributed by atoms with Crippen LogP contribution in [0.5, 0.6) is 0 Å². The van der Waals surface area contributed by atoms with E-state index in [1.54, 1.807) is 13.0 Å². The number of esters is 1. The molecule has 3 aromatic rings. The van der Waals surface area contributed by atoms with Crippen LogP contribution >= 0.6 is 0 Å². The lowest BCUT2D eigenvalue weighted by molar-refractivity contribution is -0.674. The van der Waals surface area contributed by atoms with Gasteiger partial charge in [0, 0.05) is 37.0 Å². The van der Waals surface area contributed by atoms with Gasteiger partial charge >= 0.3 is 5.97 Å². The standard InChI is InChI=1S/C22H28N3O3/c1-7-24-16(5)25(13-21(26)18-11-14(3)23(6)15(18)4)20-12-17(9-10-19(20)24)22(27)28-8-2/h9-12H,7-8,13H2,1-6H3/q+1. The van der Waals surface area contributed by atoms with Crippen molar-refractivity contribution in [2.75, 3.05) is 6.61 Å². The van der Waals surface area contributed by atoms with Crippen LogP contribution in [0.25, 0.3) is 11.0 Å². The number of imidazole rings is 1. The first-order valence-electron chi connectivity index (χ1n) is 9.66. The molecular weight excluding hydrogens is 354 g/mol. The van der Waals surface area contributed by atoms with Crippen molar-refractivity contribution in [3.8, 4) is 0 Å². The second-order valence-electron chi connectivity index (χ2n) is 7.07. The van der Waals surface area contributed by atoms with E-state index >= 15 is 0 Å². The van der Waals surface area contributed by atoms with Gasteiger partial charge in [0.15, 0.2) is 17.6 Å². The fourth-order valence-corrected chi connectivity index (χ4v) is 3.77. The van der Waals surface area contributed by atoms with Gasteiger partial charge in [-0.2, -0.15) is 0 Å². The van der Waals surface area contributed by atoms with Crippen molar-refractivity contribution >= 4 is 22.8 Å². The number of rotatable bonds is 6. The fourth-order valence-electron chi connectivity index (χ4n) is 3.77. The smallest absolute Gasteiger partial charge is 0.338 e. The predicted molar refractivity (Wildman–Crippen MR) is 108 cm³/mol. The Bertz CT molecular complexity index is 1070. The van der Waals surface area contributed by atoms with Gasteiger partial charge < -0.3 is 9.30 Å². The molecule has 1 aromatic carbocycles. The molecule has 0 bridgehead atoms. The van der Waals surface area contributed by atoms with Crippen LogP contribution in [0.15, 0.2) is 24.3 Å². The summed E-state index contributed by atoms with van der Waals surface area (Å²) in [6.45, 7) is 11.2. The highest BCUT2D eigenvalue weighted by molar-refractivity contribution is 5.98. The minimum Gasteiger partial charge on any atom is -0.462 e. The van der Waals surface area contributed by atoms with Gasteiger partial charge in [-0.3, -0.25) is 4.79 Å². The number of carbonyl (C=O) groups excluding carboxylic acids is 2. The third kappa shape index (κ3) is 3.23. The van der Waals surface area contributed by atoms with Crippen molar-refractivity contribution in [2.45, 2.75) is 47.7 Å². The van der Waals surface area contributed by atoms with Crippen LogP contribution in [0.4, 0.5) is 0 Å². The van der Waals surface area contributed by atoms with Crippen molar-refractivity contribution in [3.63, 3.8) is 0 Å². The van der Waals surface area contributed by atoms with E-state index in [4.69, 9.17) is 4.74 Å². The van der Waals surface area contributed by atoms with Crippen molar-refractivity contribution in [1.29, 1.82) is 0 Å². The van der Waals surface area contributed by atoms with Crippen LogP contribution in [0.2, 0.25) is 0 Å². The Hall–Kier alpha value is -2.89. The van der Waals surface area contributed by atoms with Crippen molar-refractivity contribution < 1.29 is 18.9 Å². The SMILES string of the molecule is CCOC(=O)c1ccc2c(c1)n(CC(=O)c1cc(C)n(C)c1C)c(C)[n+]2CC. The number of aromatic nitrogens is 3. The van der Waals surface area contributed by atoms with E-state index in [9.17, 15) is 9.59 Å². The molecule has 0 saturated heterocycles. The summed E-state index contributed by atoms with van der Waals surface area (Å²) >= 11 is 0. The minimum atomic E-state index is -0.348. The number of carbonyl (C=O) groups is 2. The Kier molecular flexibility index (Phi) is 5.40. The zero-order chi connectivity index (χ0) is 20.6. The summed E-state index contributed by atoms with van der Waals surface area (Å²) in [4.78, 5) is 25.3. The van der Waals surface area contributed by atoms with Crippen molar-refractivity contribution in [1.82, 2.24) is 9.13 Å². The van der Waals surface area contributed by atoms with Crippen molar-refractivity contribution in [3.05, 3.63) is 52.6 Å². The zero-order valence-electron chi connectivity index (χ0n) is 17.5. The molecule has 0 N–H and O–H groups in total. The average molecular weight is 382 g/mol. The zero-order valence-corrected chi connectivity index (χ0v) is 17.5. The van der Waals surface area contributed by atoms with E-state index < -0.39 is 0 Å². The molecule has 0 atom stereocenters. The highest BCUT2D eigenvalue weighted by Gasteiger charge is 2.25. The molecule has 0 aliphatic rings. The molecule has 6 nitrogen and oxygen atoms in total. The van der Waals surface area contributed by atoms with Gasteiger partial charge in [-0.15, -0.1) is 0 Å². The summed E-state index contributed by atoms with van der Waals surface area (Å²) in [5.74, 6) is 0.696. The number of hydrogen-bond acceptors (Lipinski definition) is 3. The van der Waals surface area contributed by atoms with Gasteiger partial charge in [-0.1, -0.05) is 0 Å². The van der Waals surface area contributed by atoms with Gasteiger partial charge in [-0.25, -0.2) is 13.9 Å². The van der Waals surface area contributed by atoms with Crippen molar-refractivity contribution in [2.24, 2.45) is 7.05 Å². The maximum absolute atomic E-state index is 13.1. The topological polar surface area (TPSA) is 57.1 Å². The molecule has 0 aliphatic heterocycles. The first-order chi connectivity index (χ1) is 13.3. The number of ketones is 1. The lowest BCUT2D eigenvalue weighted by atomic mass is 10.1. The molecule has 0 saturated carbocycles. The van der Waals surface area contributed by atoms with Crippen LogP contribution in [-0.2, 0) is 24.9 Å². The molecular formula is C22H28N3O3+. The van der Waals surface area contributed by atoms with E-state index in [0.29, 0.717) is 12.2 Å². The van der Waals surface area contributed by atoms with Gasteiger partial charge in [0.2, 0.25) is 5.78 Å². The first-order valence-corrected chi connectivity index (χ1v) is 9.66. The number of nitrogens with zero attached hydrogens (tertiary/aromatic N) is 3. The van der Waals surface area contributed by atoms with E-state index in [2.05, 4.69) is 11.5 Å². The average Bonchev–Trinajstić information content (AvgIpc) is 3.09. The molecule has 0 radical (unpaired) electrons. The van der Waals surface area contributed by atoms with E-state index in [1.807, 2.05) is 55.2 Å². The summed E-state index contributed by atoms with van der Waals surface area (Å²) in [6.07, 6.45) is 0. The quantitative estimate of drug-likeness (QED) is 0.373. The molecule has 28 heavy (non-hydrogen) atoms. The Labute approximate surface area is 165 Å². The highest BCUT2D eigenvalue weighted by Crippen LogP contribution is 2.20. The molecule has 0 amide bonds. The number of hydrogen-bond donors (Lipinski definition) is 0. The Morgan fingerprint density at radius 2 is 1.82 bits per heavy atom. The lowest BCUT2D eigenvalue weighted by Gasteiger charge is -2.03. The first kappa shape index (κ1) is 19.9. The maximum atomic E-state index is 13.1. The summed E-state index contributed by atoms with van der Waals surface area (Å²) in [5, 5.41) is 0. The third-order valence-electron chi connectivity index (χ3n) is 5.54. The summed E-state index contributed by atoms with van der Waals surface area (Å²) in [5.41, 5.74) is 5.13. The number of fused-ring (bicyclic) bond motifs is 1. The number of aryl methyl sites for hydroxylation is 2. The van der Waals surface area contributed by atoms with Crippen LogP contribution in [0.1, 0.15) is 51.8 Å². The van der Waals surface area contributed by atoms with Crippen LogP contribution in [-0.4, -0.2) is 27.5 Å². The Morgan fingerprint density at radius 3 is 2.39 bits per heavy atom. The third-order valence-corrected chi connectivity index (χ3v) is 5.54. The second-order valence-corrected chi connectivity index (χ2v) is 7.07. The van der Waals surface area contributed by atoms with Gasteiger partial charge in [0.1, 0.15) is 0 Å². The summed E-state index contributed by atoms with van der Waals surface area (Å²) in [7, 11) is 1.97. The summed E-state index contributed by atoms with van der Waals surface area (Å²) in [6, 6.07) is 7.47. The summed E-state index contributed by atoms with van der Waals surface area (Å²) < 4.78 is 11.3. The van der Waals surface area contributed by atoms with Gasteiger partial charge in [0.05, 0.1) is 18.7 Å². The fraction of sp³-hybridized carbons (Fsp3) is 0.409. The monoisotopic (exact) mass is 382 g/mol. The Balaban J connectivity index is 2.09. The molecule has 0 fully saturated rings. The molecule has 0 aliphatic carbocycles. The van der Waals surface area contributed by atoms with Gasteiger partial charge in [-0.05, 0) is 45.9 Å². The van der Waals surface area contributed by atoms with E-state index in [1.165, 1.54) is 0 Å². The molecule has 0 spiro atoms. The van der Waals surface area contributed by atoms with E-state index in [0.717, 1.165) is 40.4 Å². The minimum absolute atomic E-state index is 0.0611. The van der Waals surface area contributed by atoms with Gasteiger partial charge in [0.25, 0.3) is 5.82 Å². The molecule has 3 rings (SSSR count). The van der Waals surface area contributed by atoms with Crippen LogP contribution in [0, 0.1) is 20.8 Å². The second kappa shape index (κ2) is 7.62. The molecule has 0 unspecified atom stereocenters. The largest absolute Gasteiger partial charge is 0.462 e. The lowest BCUT2D eigenvalue weighted by Crippen LogP contribution is -2.35. The molecule has 6 heteroatoms. The molecule has 2 aromatic heterocycles. The van der Waals surface area contributed by atoms with Crippen LogP contribution in [0.3, 0.4) is 0 Å². The maximum Gasteiger partial charge on any atom is 0.338 e. The molecule has 2 heterocycles. The molecule has 148 valence electrons. The van der Waals surface area contributed by atoms with Crippen LogP contribution < -0.4 is 4.57 Å². The van der Waals surface area contributed by atoms with E-state index in [-0.39, 0.29) is 18.3 Å². The predicted octanol–water partition coefficient (Wildman–Crippen LogP) is 3.27. The number of ether oxygens (including phenoxy) is 1. The normalized spacial score (nSPS) is 11.2. The number of Topliss-reactive ketones (excluding diaryl/α,β-unsaturated/α-hetero) is 1.